The number of carbonyl (C=O) groups excluding carboxylic acids is 1. The van der Waals surface area contributed by atoms with E-state index in [2.05, 4.69) is 36.3 Å². The van der Waals surface area contributed by atoms with Crippen LogP contribution in [0.1, 0.15) is 24.8 Å². The summed E-state index contributed by atoms with van der Waals surface area (Å²) in [4.78, 5) is 14.6. The van der Waals surface area contributed by atoms with Crippen molar-refractivity contribution < 1.29 is 9.53 Å². The quantitative estimate of drug-likeness (QED) is 0.861. The van der Waals surface area contributed by atoms with Crippen molar-refractivity contribution >= 4 is 11.7 Å². The Balaban J connectivity index is 2.25. The van der Waals surface area contributed by atoms with Crippen LogP contribution in [0.15, 0.2) is 24.3 Å². The largest absolute Gasteiger partial charge is 0.467 e. The highest BCUT2D eigenvalue weighted by Gasteiger charge is 2.40. The Morgan fingerprint density at radius 2 is 2.15 bits per heavy atom. The molecule has 1 fully saturated rings. The van der Waals surface area contributed by atoms with Gasteiger partial charge in [0.15, 0.2) is 0 Å². The number of benzene rings is 1. The van der Waals surface area contributed by atoms with Crippen molar-refractivity contribution in [2.45, 2.75) is 31.7 Å². The minimum absolute atomic E-state index is 0.158. The van der Waals surface area contributed by atoms with E-state index < -0.39 is 5.54 Å². The van der Waals surface area contributed by atoms with Gasteiger partial charge in [-0.05, 0) is 57.5 Å². The molecule has 1 N–H and O–H groups in total. The lowest BCUT2D eigenvalue weighted by molar-refractivity contribution is -0.146. The third-order valence-electron chi connectivity index (χ3n) is 4.04. The van der Waals surface area contributed by atoms with Crippen molar-refractivity contribution in [3.05, 3.63) is 29.8 Å². The third kappa shape index (κ3) is 3.31. The second-order valence-corrected chi connectivity index (χ2v) is 5.72. The van der Waals surface area contributed by atoms with Gasteiger partial charge < -0.3 is 15.0 Å². The van der Waals surface area contributed by atoms with Gasteiger partial charge in [-0.2, -0.15) is 0 Å². The first-order valence-corrected chi connectivity index (χ1v) is 7.17. The van der Waals surface area contributed by atoms with Crippen LogP contribution in [-0.4, -0.2) is 43.7 Å². The van der Waals surface area contributed by atoms with E-state index in [1.54, 1.807) is 0 Å². The molecule has 0 aromatic heterocycles. The van der Waals surface area contributed by atoms with E-state index in [0.717, 1.165) is 38.0 Å². The molecule has 1 aromatic carbocycles. The maximum absolute atomic E-state index is 12.3. The molecule has 1 saturated heterocycles. The zero-order valence-corrected chi connectivity index (χ0v) is 12.6. The van der Waals surface area contributed by atoms with Crippen LogP contribution in [-0.2, 0) is 9.53 Å². The number of carbonyl (C=O) groups is 1. The fourth-order valence-electron chi connectivity index (χ4n) is 2.84. The summed E-state index contributed by atoms with van der Waals surface area (Å²) in [5.74, 6) is -0.158. The molecular formula is C16H24N2O2. The Morgan fingerprint density at radius 3 is 2.85 bits per heavy atom. The highest BCUT2D eigenvalue weighted by molar-refractivity contribution is 5.84. The van der Waals surface area contributed by atoms with E-state index >= 15 is 0 Å². The van der Waals surface area contributed by atoms with Crippen molar-refractivity contribution in [3.8, 4) is 0 Å². The van der Waals surface area contributed by atoms with E-state index in [1.165, 1.54) is 12.7 Å². The molecule has 1 heterocycles. The van der Waals surface area contributed by atoms with Crippen LogP contribution >= 0.6 is 0 Å². The summed E-state index contributed by atoms with van der Waals surface area (Å²) in [5, 5.41) is 3.45. The number of likely N-dealkylation sites (tertiary alicyclic amines) is 1. The average Bonchev–Trinajstić information content (AvgIpc) is 2.61. The van der Waals surface area contributed by atoms with E-state index in [0.29, 0.717) is 0 Å². The summed E-state index contributed by atoms with van der Waals surface area (Å²) in [6.45, 7) is 3.97. The van der Waals surface area contributed by atoms with Gasteiger partial charge in [-0.3, -0.25) is 0 Å². The van der Waals surface area contributed by atoms with Crippen molar-refractivity contribution in [1.29, 1.82) is 0 Å². The van der Waals surface area contributed by atoms with E-state index in [-0.39, 0.29) is 5.97 Å². The molecule has 0 amide bonds. The van der Waals surface area contributed by atoms with Gasteiger partial charge in [0.05, 0.1) is 7.11 Å². The van der Waals surface area contributed by atoms with Crippen molar-refractivity contribution in [2.24, 2.45) is 0 Å². The number of ether oxygens (including phenoxy) is 1. The number of nitrogens with zero attached hydrogens (tertiary/aromatic N) is 1. The number of hydrogen-bond donors (Lipinski definition) is 1. The summed E-state index contributed by atoms with van der Waals surface area (Å²) in [5.41, 5.74) is 1.56. The Kier molecular flexibility index (Phi) is 4.65. The molecule has 1 aliphatic heterocycles. The van der Waals surface area contributed by atoms with E-state index in [4.69, 9.17) is 4.74 Å². The molecule has 4 heteroatoms. The normalized spacial score (nSPS) is 23.9. The molecule has 0 aliphatic carbocycles. The molecule has 2 rings (SSSR count). The summed E-state index contributed by atoms with van der Waals surface area (Å²) >= 11 is 0. The lowest BCUT2D eigenvalue weighted by Crippen LogP contribution is -2.47. The number of rotatable bonds is 3. The first kappa shape index (κ1) is 14.9. The molecule has 1 atom stereocenters. The molecule has 0 saturated carbocycles. The Bertz CT molecular complexity index is 475. The molecule has 0 bridgehead atoms. The Labute approximate surface area is 121 Å². The number of methoxy groups -OCH3 is 1. The van der Waals surface area contributed by atoms with Crippen LogP contribution in [0.4, 0.5) is 5.69 Å². The zero-order chi connectivity index (χ0) is 14.6. The maximum Gasteiger partial charge on any atom is 0.331 e. The summed E-state index contributed by atoms with van der Waals surface area (Å²) < 4.78 is 5.07. The molecular weight excluding hydrogens is 252 g/mol. The standard InChI is InChI=1S/C16H24N2O2/c1-13-6-4-7-14(12-13)17-16(15(19)20-3)8-5-10-18(2)11-9-16/h4,6-7,12,17H,5,8-11H2,1-3H3. The van der Waals surface area contributed by atoms with Gasteiger partial charge in [-0.25, -0.2) is 4.79 Å². The summed E-state index contributed by atoms with van der Waals surface area (Å²) in [7, 11) is 3.57. The highest BCUT2D eigenvalue weighted by Crippen LogP contribution is 2.28. The first-order valence-electron chi connectivity index (χ1n) is 7.17. The number of nitrogens with one attached hydrogen (secondary N) is 1. The maximum atomic E-state index is 12.3. The number of hydrogen-bond acceptors (Lipinski definition) is 4. The van der Waals surface area contributed by atoms with Crippen LogP contribution in [0.3, 0.4) is 0 Å². The van der Waals surface area contributed by atoms with Crippen LogP contribution in [0, 0.1) is 6.92 Å². The number of anilines is 1. The number of esters is 1. The minimum atomic E-state index is -0.604. The fourth-order valence-corrected chi connectivity index (χ4v) is 2.84. The van der Waals surface area contributed by atoms with Crippen molar-refractivity contribution in [2.75, 3.05) is 32.6 Å². The van der Waals surface area contributed by atoms with Gasteiger partial charge in [0.25, 0.3) is 0 Å². The van der Waals surface area contributed by atoms with Crippen molar-refractivity contribution in [1.82, 2.24) is 4.90 Å². The summed E-state index contributed by atoms with van der Waals surface area (Å²) in [6, 6.07) is 8.13. The van der Waals surface area contributed by atoms with E-state index in [9.17, 15) is 4.79 Å². The molecule has 0 radical (unpaired) electrons. The van der Waals surface area contributed by atoms with Crippen LogP contribution in [0.25, 0.3) is 0 Å². The van der Waals surface area contributed by atoms with Gasteiger partial charge >= 0.3 is 5.97 Å². The third-order valence-corrected chi connectivity index (χ3v) is 4.04. The topological polar surface area (TPSA) is 41.6 Å². The first-order chi connectivity index (χ1) is 9.55. The van der Waals surface area contributed by atoms with Crippen LogP contribution in [0.2, 0.25) is 0 Å². The van der Waals surface area contributed by atoms with Crippen LogP contribution in [0.5, 0.6) is 0 Å². The predicted octanol–water partition coefficient (Wildman–Crippen LogP) is 2.43. The molecule has 0 spiro atoms. The lowest BCUT2D eigenvalue weighted by atomic mass is 9.90. The SMILES string of the molecule is COC(=O)C1(Nc2cccc(C)c2)CCCN(C)CC1. The van der Waals surface area contributed by atoms with Gasteiger partial charge in [-0.15, -0.1) is 0 Å². The van der Waals surface area contributed by atoms with Crippen LogP contribution < -0.4 is 5.32 Å². The second-order valence-electron chi connectivity index (χ2n) is 5.72. The monoisotopic (exact) mass is 276 g/mol. The molecule has 1 aromatic rings. The molecule has 1 unspecified atom stereocenters. The molecule has 1 aliphatic rings. The predicted molar refractivity (Wildman–Crippen MR) is 80.9 cm³/mol. The van der Waals surface area contributed by atoms with E-state index in [1.807, 2.05) is 12.1 Å². The zero-order valence-electron chi connectivity index (χ0n) is 12.6. The van der Waals surface area contributed by atoms with Gasteiger partial charge in [0.2, 0.25) is 0 Å². The molecule has 20 heavy (non-hydrogen) atoms. The average molecular weight is 276 g/mol. The molecule has 110 valence electrons. The lowest BCUT2D eigenvalue weighted by Gasteiger charge is -2.32. The van der Waals surface area contributed by atoms with Gasteiger partial charge in [-0.1, -0.05) is 12.1 Å². The highest BCUT2D eigenvalue weighted by atomic mass is 16.5. The Hall–Kier alpha value is -1.55. The Morgan fingerprint density at radius 1 is 1.35 bits per heavy atom. The van der Waals surface area contributed by atoms with Gasteiger partial charge in [0, 0.05) is 12.2 Å². The second kappa shape index (κ2) is 6.27. The minimum Gasteiger partial charge on any atom is -0.467 e. The van der Waals surface area contributed by atoms with Gasteiger partial charge in [0.1, 0.15) is 5.54 Å². The smallest absolute Gasteiger partial charge is 0.331 e. The summed E-state index contributed by atoms with van der Waals surface area (Å²) in [6.07, 6.45) is 2.56. The molecule has 4 nitrogen and oxygen atoms in total. The van der Waals surface area contributed by atoms with Crippen molar-refractivity contribution in [3.63, 3.8) is 0 Å². The number of aryl methyl sites for hydroxylation is 1. The fraction of sp³-hybridized carbons (Fsp3) is 0.562.